The molecule has 0 aliphatic carbocycles. The minimum Gasteiger partial charge on any atom is -0.462 e. The maximum absolute atomic E-state index is 13.0. The van der Waals surface area contributed by atoms with Crippen molar-refractivity contribution in [3.8, 4) is 0 Å². The molecule has 87 heavy (non-hydrogen) atoms. The molecule has 0 amide bonds. The normalized spacial score (nSPS) is 15.0. The van der Waals surface area contributed by atoms with E-state index in [0.29, 0.717) is 37.5 Å². The van der Waals surface area contributed by atoms with Gasteiger partial charge in [-0.25, -0.2) is 9.13 Å². The van der Waals surface area contributed by atoms with Crippen LogP contribution in [0.3, 0.4) is 0 Å². The van der Waals surface area contributed by atoms with E-state index in [9.17, 15) is 43.2 Å². The Balaban J connectivity index is 5.20. The highest BCUT2D eigenvalue weighted by Gasteiger charge is 2.30. The Morgan fingerprint density at radius 2 is 0.552 bits per heavy atom. The summed E-state index contributed by atoms with van der Waals surface area (Å²) in [5.41, 5.74) is 0. The molecule has 0 aromatic heterocycles. The number of ether oxygens (including phenoxy) is 4. The van der Waals surface area contributed by atoms with E-state index in [1.807, 2.05) is 0 Å². The van der Waals surface area contributed by atoms with Crippen LogP contribution in [-0.2, 0) is 65.4 Å². The molecule has 0 rings (SSSR count). The molecule has 0 bridgehead atoms. The molecule has 3 N–H and O–H groups in total. The second kappa shape index (κ2) is 57.9. The first kappa shape index (κ1) is 85.1. The summed E-state index contributed by atoms with van der Waals surface area (Å²) in [5, 5.41) is 10.6. The molecule has 0 spiro atoms. The van der Waals surface area contributed by atoms with Gasteiger partial charge in [0.05, 0.1) is 26.4 Å². The highest BCUT2D eigenvalue weighted by Crippen LogP contribution is 2.45. The van der Waals surface area contributed by atoms with Crippen molar-refractivity contribution in [3.63, 3.8) is 0 Å². The van der Waals surface area contributed by atoms with Gasteiger partial charge in [0.15, 0.2) is 12.2 Å². The molecule has 0 aromatic rings. The van der Waals surface area contributed by atoms with Crippen molar-refractivity contribution in [2.75, 3.05) is 39.6 Å². The summed E-state index contributed by atoms with van der Waals surface area (Å²) in [6, 6.07) is 0. The van der Waals surface area contributed by atoms with Crippen LogP contribution in [0.25, 0.3) is 0 Å². The number of aliphatic hydroxyl groups is 1. The van der Waals surface area contributed by atoms with Gasteiger partial charge < -0.3 is 33.8 Å². The van der Waals surface area contributed by atoms with E-state index < -0.39 is 97.5 Å². The number of carbonyl (C=O) groups excluding carboxylic acids is 4. The van der Waals surface area contributed by atoms with E-state index in [4.69, 9.17) is 37.0 Å². The highest BCUT2D eigenvalue weighted by atomic mass is 31.2. The first-order valence-corrected chi connectivity index (χ1v) is 38.3. The van der Waals surface area contributed by atoms with E-state index in [0.717, 1.165) is 115 Å². The van der Waals surface area contributed by atoms with E-state index in [1.54, 1.807) is 0 Å². The van der Waals surface area contributed by atoms with Crippen molar-refractivity contribution in [2.45, 2.75) is 350 Å². The Labute approximate surface area is 530 Å². The Morgan fingerprint density at radius 3 is 0.816 bits per heavy atom. The summed E-state index contributed by atoms with van der Waals surface area (Å²) in [7, 11) is -9.90. The smallest absolute Gasteiger partial charge is 0.462 e. The van der Waals surface area contributed by atoms with Gasteiger partial charge in [-0.3, -0.25) is 37.3 Å². The fraction of sp³-hybridized carbons (Fsp3) is 0.941. The van der Waals surface area contributed by atoms with Gasteiger partial charge in [-0.15, -0.1) is 0 Å². The zero-order chi connectivity index (χ0) is 64.7. The number of unbranched alkanes of at least 4 members (excludes halogenated alkanes) is 29. The van der Waals surface area contributed by atoms with Crippen molar-refractivity contribution >= 4 is 39.5 Å². The molecule has 17 nitrogen and oxygen atoms in total. The molecular weight excluding hydrogens is 1150 g/mol. The largest absolute Gasteiger partial charge is 0.472 e. The second-order valence-electron chi connectivity index (χ2n) is 26.0. The number of carbonyl (C=O) groups is 4. The summed E-state index contributed by atoms with van der Waals surface area (Å²) in [6.07, 6.45) is 39.2. The van der Waals surface area contributed by atoms with Crippen molar-refractivity contribution in [3.05, 3.63) is 0 Å². The van der Waals surface area contributed by atoms with Crippen LogP contribution < -0.4 is 0 Å². The first-order valence-electron chi connectivity index (χ1n) is 35.3. The number of hydrogen-bond donors (Lipinski definition) is 3. The van der Waals surface area contributed by atoms with E-state index in [2.05, 4.69) is 55.4 Å². The standard InChI is InChI=1S/C68H132O17P2/c1-9-60(7)46-38-30-21-17-15-13-11-12-14-16-18-22-34-42-50-67(72)84-63(55-79-66(71)49-41-33-27-25-31-39-47-61(8)10-2)56-82-86(74,75)80-52-62(69)53-81-87(76,77)83-57-64(85-68(73)51-43-35-26-24-29-37-45-59(5)6)54-78-65(70)48-40-32-23-19-20-28-36-44-58(3)4/h58-64,69H,9-57H2,1-8H3,(H,74,75)(H,76,77)/t60?,61?,62-,63+,64+/m0/s1. The lowest BCUT2D eigenvalue weighted by molar-refractivity contribution is -0.161. The Kier molecular flexibility index (Phi) is 56.6. The van der Waals surface area contributed by atoms with Gasteiger partial charge in [-0.05, 0) is 49.4 Å². The van der Waals surface area contributed by atoms with Crippen LogP contribution in [0, 0.1) is 23.7 Å². The minimum atomic E-state index is -4.95. The third-order valence-corrected chi connectivity index (χ3v) is 18.2. The minimum absolute atomic E-state index is 0.101. The summed E-state index contributed by atoms with van der Waals surface area (Å²) in [4.78, 5) is 72.3. The van der Waals surface area contributed by atoms with Crippen LogP contribution in [0.1, 0.15) is 331 Å². The van der Waals surface area contributed by atoms with Gasteiger partial charge in [0, 0.05) is 25.7 Å². The predicted octanol–water partition coefficient (Wildman–Crippen LogP) is 18.9. The van der Waals surface area contributed by atoms with Gasteiger partial charge >= 0.3 is 39.5 Å². The maximum Gasteiger partial charge on any atom is 0.472 e. The van der Waals surface area contributed by atoms with Crippen molar-refractivity contribution in [1.29, 1.82) is 0 Å². The average molecular weight is 1280 g/mol. The van der Waals surface area contributed by atoms with Crippen molar-refractivity contribution in [1.82, 2.24) is 0 Å². The van der Waals surface area contributed by atoms with Crippen LogP contribution in [0.4, 0.5) is 0 Å². The third-order valence-electron chi connectivity index (χ3n) is 16.3. The van der Waals surface area contributed by atoms with Gasteiger partial charge in [-0.2, -0.15) is 0 Å². The fourth-order valence-corrected chi connectivity index (χ4v) is 11.7. The lowest BCUT2D eigenvalue weighted by Crippen LogP contribution is -2.30. The topological polar surface area (TPSA) is 237 Å². The van der Waals surface area contributed by atoms with Crippen molar-refractivity contribution in [2.24, 2.45) is 23.7 Å². The fourth-order valence-electron chi connectivity index (χ4n) is 10.1. The summed E-state index contributed by atoms with van der Waals surface area (Å²) >= 11 is 0. The van der Waals surface area contributed by atoms with Crippen LogP contribution in [-0.4, -0.2) is 96.7 Å². The molecule has 0 aliphatic heterocycles. The molecule has 19 heteroatoms. The molecule has 0 saturated carbocycles. The zero-order valence-electron chi connectivity index (χ0n) is 56.6. The lowest BCUT2D eigenvalue weighted by Gasteiger charge is -2.21. The number of hydrogen-bond acceptors (Lipinski definition) is 15. The number of aliphatic hydroxyl groups excluding tert-OH is 1. The third kappa shape index (κ3) is 60.1. The molecule has 0 radical (unpaired) electrons. The molecule has 0 saturated heterocycles. The molecule has 0 aliphatic rings. The van der Waals surface area contributed by atoms with Gasteiger partial charge in [0.25, 0.3) is 0 Å². The van der Waals surface area contributed by atoms with Crippen LogP contribution in [0.15, 0.2) is 0 Å². The predicted molar refractivity (Wildman–Crippen MR) is 349 cm³/mol. The van der Waals surface area contributed by atoms with Gasteiger partial charge in [-0.1, -0.05) is 280 Å². The van der Waals surface area contributed by atoms with Crippen LogP contribution in [0.2, 0.25) is 0 Å². The first-order chi connectivity index (χ1) is 41.7. The summed E-state index contributed by atoms with van der Waals surface area (Å²) in [6.45, 7) is 14.0. The van der Waals surface area contributed by atoms with Crippen LogP contribution in [0.5, 0.6) is 0 Å². The SMILES string of the molecule is CCC(C)CCCCCCCCCCCCCCCCC(=O)O[C@H](COC(=O)CCCCCCCCC(C)CC)COP(=O)(O)OC[C@H](O)COP(=O)(O)OC[C@@H](COC(=O)CCCCCCCCCC(C)C)OC(=O)CCCCCCCCC(C)C. The van der Waals surface area contributed by atoms with Crippen molar-refractivity contribution < 1.29 is 80.2 Å². The van der Waals surface area contributed by atoms with E-state index in [-0.39, 0.29) is 25.7 Å². The highest BCUT2D eigenvalue weighted by molar-refractivity contribution is 7.47. The Hall–Kier alpha value is -1.94. The summed E-state index contributed by atoms with van der Waals surface area (Å²) in [5.74, 6) is 0.813. The molecular formula is C68H132O17P2. The molecule has 516 valence electrons. The number of phosphoric ester groups is 2. The molecule has 0 aromatic carbocycles. The molecule has 7 atom stereocenters. The number of esters is 4. The molecule has 0 fully saturated rings. The van der Waals surface area contributed by atoms with Gasteiger partial charge in [0.1, 0.15) is 19.3 Å². The number of rotatable bonds is 65. The molecule has 0 heterocycles. The van der Waals surface area contributed by atoms with E-state index >= 15 is 0 Å². The summed E-state index contributed by atoms with van der Waals surface area (Å²) < 4.78 is 68.1. The van der Waals surface area contributed by atoms with Gasteiger partial charge in [0.2, 0.25) is 0 Å². The zero-order valence-corrected chi connectivity index (χ0v) is 58.4. The number of phosphoric acid groups is 2. The van der Waals surface area contributed by atoms with Crippen LogP contribution >= 0.6 is 15.6 Å². The second-order valence-corrected chi connectivity index (χ2v) is 28.9. The maximum atomic E-state index is 13.0. The quantitative estimate of drug-likeness (QED) is 0.0222. The van der Waals surface area contributed by atoms with E-state index in [1.165, 1.54) is 122 Å². The average Bonchev–Trinajstić information content (AvgIpc) is 3.69. The Morgan fingerprint density at radius 1 is 0.322 bits per heavy atom. The Bertz CT molecular complexity index is 1730. The lowest BCUT2D eigenvalue weighted by atomic mass is 9.99. The monoisotopic (exact) mass is 1280 g/mol. The molecule has 4 unspecified atom stereocenters.